The van der Waals surface area contributed by atoms with Crippen molar-refractivity contribution in [3.8, 4) is 11.5 Å². The van der Waals surface area contributed by atoms with Crippen LogP contribution in [-0.2, 0) is 9.53 Å². The van der Waals surface area contributed by atoms with Crippen molar-refractivity contribution >= 4 is 17.9 Å². The Morgan fingerprint density at radius 1 is 1.33 bits per heavy atom. The number of carbonyl (C=O) groups is 1. The molecule has 1 aromatic heterocycles. The first kappa shape index (κ1) is 13.0. The lowest BCUT2D eigenvalue weighted by molar-refractivity contribution is -0.130. The lowest BCUT2D eigenvalue weighted by atomic mass is 10.1. The third-order valence-electron chi connectivity index (χ3n) is 2.86. The van der Waals surface area contributed by atoms with E-state index < -0.39 is 5.97 Å². The van der Waals surface area contributed by atoms with Gasteiger partial charge in [-0.15, -0.1) is 0 Å². The van der Waals surface area contributed by atoms with E-state index in [1.54, 1.807) is 24.3 Å². The summed E-state index contributed by atoms with van der Waals surface area (Å²) in [6.45, 7) is 0. The summed E-state index contributed by atoms with van der Waals surface area (Å²) in [7, 11) is 1.46. The Morgan fingerprint density at radius 2 is 2.19 bits per heavy atom. The number of aliphatic imine (C=N–C) groups is 1. The molecule has 1 aliphatic rings. The quantitative estimate of drug-likeness (QED) is 0.691. The van der Waals surface area contributed by atoms with Gasteiger partial charge in [0.15, 0.2) is 23.0 Å². The minimum atomic E-state index is -0.572. The van der Waals surface area contributed by atoms with Gasteiger partial charge < -0.3 is 19.0 Å². The number of phenols is 1. The lowest BCUT2D eigenvalue weighted by Crippen LogP contribution is -2.04. The number of esters is 1. The van der Waals surface area contributed by atoms with Crippen LogP contribution in [0.5, 0.6) is 11.5 Å². The molecule has 2 aromatic rings. The summed E-state index contributed by atoms with van der Waals surface area (Å²) in [4.78, 5) is 15.8. The fourth-order valence-corrected chi connectivity index (χ4v) is 1.87. The van der Waals surface area contributed by atoms with Crippen molar-refractivity contribution in [2.24, 2.45) is 4.99 Å². The van der Waals surface area contributed by atoms with Gasteiger partial charge in [-0.3, -0.25) is 0 Å². The molecule has 1 N–H and O–H groups in total. The Kier molecular flexibility index (Phi) is 3.19. The van der Waals surface area contributed by atoms with Gasteiger partial charge in [0.05, 0.1) is 13.4 Å². The van der Waals surface area contributed by atoms with E-state index in [2.05, 4.69) is 4.99 Å². The summed E-state index contributed by atoms with van der Waals surface area (Å²) in [5.41, 5.74) is 0.732. The molecule has 21 heavy (non-hydrogen) atoms. The van der Waals surface area contributed by atoms with Crippen LogP contribution in [0.3, 0.4) is 0 Å². The third-order valence-corrected chi connectivity index (χ3v) is 2.86. The molecule has 6 nitrogen and oxygen atoms in total. The van der Waals surface area contributed by atoms with Gasteiger partial charge in [0.1, 0.15) is 0 Å². The number of furan rings is 1. The molecule has 1 aliphatic heterocycles. The van der Waals surface area contributed by atoms with Crippen molar-refractivity contribution in [2.45, 2.75) is 0 Å². The molecule has 0 radical (unpaired) electrons. The van der Waals surface area contributed by atoms with Gasteiger partial charge in [0.25, 0.3) is 5.90 Å². The molecule has 0 bridgehead atoms. The highest BCUT2D eigenvalue weighted by Gasteiger charge is 2.25. The molecule has 2 heterocycles. The summed E-state index contributed by atoms with van der Waals surface area (Å²) in [6.07, 6.45) is 2.98. The largest absolute Gasteiger partial charge is 0.504 e. The highest BCUT2D eigenvalue weighted by molar-refractivity contribution is 6.11. The van der Waals surface area contributed by atoms with Crippen LogP contribution in [0.15, 0.2) is 51.7 Å². The molecule has 6 heteroatoms. The molecule has 0 unspecified atom stereocenters. The van der Waals surface area contributed by atoms with Gasteiger partial charge in [-0.1, -0.05) is 6.07 Å². The molecular weight excluding hydrogens is 274 g/mol. The molecule has 0 atom stereocenters. The van der Waals surface area contributed by atoms with E-state index in [1.165, 1.54) is 25.5 Å². The first-order valence-electron chi connectivity index (χ1n) is 6.11. The number of hydrogen-bond acceptors (Lipinski definition) is 6. The number of phenolic OH excluding ortho intramolecular Hbond substituents is 1. The van der Waals surface area contributed by atoms with Crippen LogP contribution in [0.2, 0.25) is 0 Å². The fraction of sp³-hybridized carbons (Fsp3) is 0.0667. The maximum atomic E-state index is 11.8. The SMILES string of the molecule is COc1ccc(/C=C2/N=C(c3ccco3)OC2=O)cc1O. The maximum absolute atomic E-state index is 11.8. The van der Waals surface area contributed by atoms with Crippen LogP contribution in [0.25, 0.3) is 6.08 Å². The van der Waals surface area contributed by atoms with Crippen LogP contribution >= 0.6 is 0 Å². The summed E-state index contributed by atoms with van der Waals surface area (Å²) >= 11 is 0. The van der Waals surface area contributed by atoms with Crippen molar-refractivity contribution in [3.05, 3.63) is 53.6 Å². The van der Waals surface area contributed by atoms with Gasteiger partial charge in [-0.2, -0.15) is 0 Å². The first-order valence-corrected chi connectivity index (χ1v) is 6.11. The smallest absolute Gasteiger partial charge is 0.363 e. The number of ether oxygens (including phenoxy) is 2. The molecule has 0 spiro atoms. The Bertz CT molecular complexity index is 743. The maximum Gasteiger partial charge on any atom is 0.363 e. The summed E-state index contributed by atoms with van der Waals surface area (Å²) in [5.74, 6) is 0.259. The number of aromatic hydroxyl groups is 1. The van der Waals surface area contributed by atoms with Crippen molar-refractivity contribution in [2.75, 3.05) is 7.11 Å². The average Bonchev–Trinajstić information content (AvgIpc) is 3.10. The average molecular weight is 285 g/mol. The van der Waals surface area contributed by atoms with Crippen molar-refractivity contribution in [1.82, 2.24) is 0 Å². The van der Waals surface area contributed by atoms with Crippen LogP contribution < -0.4 is 4.74 Å². The molecule has 1 aromatic carbocycles. The number of nitrogens with zero attached hydrogens (tertiary/aromatic N) is 1. The van der Waals surface area contributed by atoms with Gasteiger partial charge in [0.2, 0.25) is 0 Å². The molecule has 0 fully saturated rings. The van der Waals surface area contributed by atoms with Gasteiger partial charge in [-0.25, -0.2) is 9.79 Å². The van der Waals surface area contributed by atoms with E-state index >= 15 is 0 Å². The van der Waals surface area contributed by atoms with Gasteiger partial charge in [-0.05, 0) is 35.9 Å². The molecule has 0 amide bonds. The zero-order valence-corrected chi connectivity index (χ0v) is 11.1. The molecule has 3 rings (SSSR count). The van der Waals surface area contributed by atoms with Gasteiger partial charge in [0, 0.05) is 0 Å². The molecule has 106 valence electrons. The normalized spacial score (nSPS) is 16.0. The Balaban J connectivity index is 1.92. The minimum Gasteiger partial charge on any atom is -0.504 e. The topological polar surface area (TPSA) is 81.3 Å². The molecule has 0 aliphatic carbocycles. The number of rotatable bonds is 3. The standard InChI is InChI=1S/C15H11NO5/c1-19-12-5-4-9(8-11(12)17)7-10-15(18)21-14(16-10)13-3-2-6-20-13/h2-8,17H,1H3/b10-7+. The molecule has 0 saturated carbocycles. The fourth-order valence-electron chi connectivity index (χ4n) is 1.87. The monoisotopic (exact) mass is 285 g/mol. The van der Waals surface area contributed by atoms with E-state index in [-0.39, 0.29) is 17.3 Å². The summed E-state index contributed by atoms with van der Waals surface area (Å²) in [5, 5.41) is 9.71. The predicted octanol–water partition coefficient (Wildman–Crippen LogP) is 2.34. The molecule has 0 saturated heterocycles. The lowest BCUT2D eigenvalue weighted by Gasteiger charge is -2.03. The van der Waals surface area contributed by atoms with E-state index in [9.17, 15) is 9.90 Å². The molecular formula is C15H11NO5. The summed E-state index contributed by atoms with van der Waals surface area (Å²) in [6, 6.07) is 8.08. The van der Waals surface area contributed by atoms with E-state index in [0.717, 1.165) is 0 Å². The zero-order valence-electron chi connectivity index (χ0n) is 11.1. The number of benzene rings is 1. The second-order valence-electron chi connectivity index (χ2n) is 4.24. The van der Waals surface area contributed by atoms with E-state index in [4.69, 9.17) is 13.9 Å². The van der Waals surface area contributed by atoms with E-state index in [1.807, 2.05) is 0 Å². The number of methoxy groups -OCH3 is 1. The Labute approximate surface area is 119 Å². The zero-order chi connectivity index (χ0) is 14.8. The van der Waals surface area contributed by atoms with Gasteiger partial charge >= 0.3 is 5.97 Å². The second-order valence-corrected chi connectivity index (χ2v) is 4.24. The van der Waals surface area contributed by atoms with Crippen LogP contribution in [-0.4, -0.2) is 24.1 Å². The van der Waals surface area contributed by atoms with Crippen molar-refractivity contribution in [3.63, 3.8) is 0 Å². The van der Waals surface area contributed by atoms with Crippen LogP contribution in [0.1, 0.15) is 11.3 Å². The van der Waals surface area contributed by atoms with Crippen LogP contribution in [0, 0.1) is 0 Å². The Morgan fingerprint density at radius 3 is 2.86 bits per heavy atom. The number of hydrogen-bond donors (Lipinski definition) is 1. The van der Waals surface area contributed by atoms with Crippen LogP contribution in [0.4, 0.5) is 0 Å². The van der Waals surface area contributed by atoms with Crippen molar-refractivity contribution < 1.29 is 23.8 Å². The highest BCUT2D eigenvalue weighted by atomic mass is 16.6. The minimum absolute atomic E-state index is 0.0200. The highest BCUT2D eigenvalue weighted by Crippen LogP contribution is 2.28. The second kappa shape index (κ2) is 5.16. The predicted molar refractivity (Wildman–Crippen MR) is 74.0 cm³/mol. The number of cyclic esters (lactones) is 1. The first-order chi connectivity index (χ1) is 10.2. The number of carbonyl (C=O) groups excluding carboxylic acids is 1. The summed E-state index contributed by atoms with van der Waals surface area (Å²) < 4.78 is 15.1. The van der Waals surface area contributed by atoms with E-state index in [0.29, 0.717) is 17.1 Å². The third kappa shape index (κ3) is 2.51. The Hall–Kier alpha value is -3.02. The van der Waals surface area contributed by atoms with Crippen molar-refractivity contribution in [1.29, 1.82) is 0 Å².